The summed E-state index contributed by atoms with van der Waals surface area (Å²) in [5.41, 5.74) is 0.453. The third-order valence-corrected chi connectivity index (χ3v) is 5.87. The van der Waals surface area contributed by atoms with E-state index < -0.39 is 5.60 Å². The number of pyridine rings is 1. The summed E-state index contributed by atoms with van der Waals surface area (Å²) in [6.45, 7) is 3.22. The van der Waals surface area contributed by atoms with Crippen molar-refractivity contribution in [2.24, 2.45) is 0 Å². The number of carbonyl (C=O) groups excluding carboxylic acids is 2. The van der Waals surface area contributed by atoms with E-state index in [-0.39, 0.29) is 24.5 Å². The number of methoxy groups -OCH3 is 1. The fraction of sp³-hybridized carbons (Fsp3) is 0.650. The molecule has 1 atom stereocenters. The van der Waals surface area contributed by atoms with Crippen molar-refractivity contribution in [2.45, 2.75) is 37.2 Å². The second kappa shape index (κ2) is 8.05. The van der Waals surface area contributed by atoms with Crippen LogP contribution in [0.3, 0.4) is 0 Å². The third kappa shape index (κ3) is 3.84. The van der Waals surface area contributed by atoms with Gasteiger partial charge in [0.05, 0.1) is 19.8 Å². The van der Waals surface area contributed by atoms with Crippen LogP contribution in [0.2, 0.25) is 0 Å². The van der Waals surface area contributed by atoms with Crippen LogP contribution >= 0.6 is 0 Å². The molecule has 8 nitrogen and oxygen atoms in total. The Balaban J connectivity index is 1.48. The number of aromatic nitrogens is 1. The Hall–Kier alpha value is -2.19. The molecule has 2 amide bonds. The first-order valence-electron chi connectivity index (χ1n) is 9.92. The summed E-state index contributed by atoms with van der Waals surface area (Å²) in [4.78, 5) is 32.9. The molecule has 3 aliphatic rings. The SMILES string of the molecule is COCC(=O)N1CCCC(c2cccc(N3CC4(CCOCC4)OC3=O)n2)C1. The summed E-state index contributed by atoms with van der Waals surface area (Å²) in [6, 6.07) is 5.75. The summed E-state index contributed by atoms with van der Waals surface area (Å²) < 4.78 is 16.1. The van der Waals surface area contributed by atoms with Crippen molar-refractivity contribution >= 4 is 17.8 Å². The van der Waals surface area contributed by atoms with Gasteiger partial charge in [-0.15, -0.1) is 0 Å². The summed E-state index contributed by atoms with van der Waals surface area (Å²) in [6.07, 6.45) is 2.99. The Labute approximate surface area is 164 Å². The topological polar surface area (TPSA) is 81.2 Å². The summed E-state index contributed by atoms with van der Waals surface area (Å²) in [7, 11) is 1.53. The molecule has 0 saturated carbocycles. The molecule has 1 aromatic heterocycles. The third-order valence-electron chi connectivity index (χ3n) is 5.87. The molecule has 0 aliphatic carbocycles. The van der Waals surface area contributed by atoms with E-state index in [2.05, 4.69) is 0 Å². The number of nitrogens with zero attached hydrogens (tertiary/aromatic N) is 3. The van der Waals surface area contributed by atoms with Gasteiger partial charge in [0.15, 0.2) is 0 Å². The Morgan fingerprint density at radius 2 is 2.18 bits per heavy atom. The van der Waals surface area contributed by atoms with Gasteiger partial charge in [-0.2, -0.15) is 0 Å². The molecule has 0 bridgehead atoms. The number of anilines is 1. The molecule has 4 heterocycles. The Morgan fingerprint density at radius 3 is 2.96 bits per heavy atom. The van der Waals surface area contributed by atoms with Gasteiger partial charge in [-0.25, -0.2) is 9.78 Å². The highest BCUT2D eigenvalue weighted by Gasteiger charge is 2.47. The van der Waals surface area contributed by atoms with E-state index in [1.54, 1.807) is 4.90 Å². The first-order chi connectivity index (χ1) is 13.6. The number of likely N-dealkylation sites (tertiary alicyclic amines) is 1. The van der Waals surface area contributed by atoms with Crippen LogP contribution in [-0.4, -0.2) is 74.1 Å². The van der Waals surface area contributed by atoms with Crippen molar-refractivity contribution in [3.05, 3.63) is 23.9 Å². The predicted molar refractivity (Wildman–Crippen MR) is 101 cm³/mol. The summed E-state index contributed by atoms with van der Waals surface area (Å²) in [5, 5.41) is 0. The maximum Gasteiger partial charge on any atom is 0.416 e. The van der Waals surface area contributed by atoms with E-state index in [0.29, 0.717) is 45.0 Å². The minimum absolute atomic E-state index is 0.00735. The lowest BCUT2D eigenvalue weighted by molar-refractivity contribution is -0.136. The minimum Gasteiger partial charge on any atom is -0.440 e. The molecule has 3 aliphatic heterocycles. The smallest absolute Gasteiger partial charge is 0.416 e. The molecule has 0 N–H and O–H groups in total. The zero-order valence-electron chi connectivity index (χ0n) is 16.3. The van der Waals surface area contributed by atoms with Crippen LogP contribution < -0.4 is 4.90 Å². The van der Waals surface area contributed by atoms with E-state index in [9.17, 15) is 9.59 Å². The molecular weight excluding hydrogens is 362 g/mol. The van der Waals surface area contributed by atoms with Crippen LogP contribution in [0, 0.1) is 0 Å². The lowest BCUT2D eigenvalue weighted by Crippen LogP contribution is -2.41. The van der Waals surface area contributed by atoms with Crippen molar-refractivity contribution < 1.29 is 23.8 Å². The van der Waals surface area contributed by atoms with E-state index in [1.807, 2.05) is 23.1 Å². The van der Waals surface area contributed by atoms with Crippen LogP contribution in [0.25, 0.3) is 0 Å². The second-order valence-electron chi connectivity index (χ2n) is 7.78. The van der Waals surface area contributed by atoms with Gasteiger partial charge < -0.3 is 19.1 Å². The zero-order chi connectivity index (χ0) is 19.6. The van der Waals surface area contributed by atoms with Crippen LogP contribution in [-0.2, 0) is 19.0 Å². The van der Waals surface area contributed by atoms with Crippen molar-refractivity contribution in [1.82, 2.24) is 9.88 Å². The number of amides is 2. The van der Waals surface area contributed by atoms with E-state index in [0.717, 1.165) is 25.1 Å². The molecule has 3 saturated heterocycles. The molecule has 28 heavy (non-hydrogen) atoms. The number of hydrogen-bond acceptors (Lipinski definition) is 6. The highest BCUT2D eigenvalue weighted by molar-refractivity contribution is 5.89. The maximum atomic E-state index is 12.5. The van der Waals surface area contributed by atoms with Gasteiger partial charge in [0.2, 0.25) is 5.91 Å². The molecule has 0 aromatic carbocycles. The fourth-order valence-corrected chi connectivity index (χ4v) is 4.28. The molecule has 0 radical (unpaired) electrons. The van der Waals surface area contributed by atoms with Crippen LogP contribution in [0.5, 0.6) is 0 Å². The van der Waals surface area contributed by atoms with Crippen molar-refractivity contribution in [3.63, 3.8) is 0 Å². The zero-order valence-corrected chi connectivity index (χ0v) is 16.3. The molecule has 1 aromatic rings. The first kappa shape index (κ1) is 19.1. The minimum atomic E-state index is -0.457. The van der Waals surface area contributed by atoms with E-state index in [1.165, 1.54) is 7.11 Å². The largest absolute Gasteiger partial charge is 0.440 e. The first-order valence-corrected chi connectivity index (χ1v) is 9.92. The van der Waals surface area contributed by atoms with Gasteiger partial charge in [-0.05, 0) is 25.0 Å². The van der Waals surface area contributed by atoms with Crippen molar-refractivity contribution in [2.75, 3.05) is 51.5 Å². The number of ether oxygens (including phenoxy) is 3. The second-order valence-corrected chi connectivity index (χ2v) is 7.78. The Morgan fingerprint density at radius 1 is 1.36 bits per heavy atom. The lowest BCUT2D eigenvalue weighted by atomic mass is 9.94. The Bertz CT molecular complexity index is 734. The number of carbonyl (C=O) groups is 2. The van der Waals surface area contributed by atoms with Crippen molar-refractivity contribution in [1.29, 1.82) is 0 Å². The van der Waals surface area contributed by atoms with Gasteiger partial charge in [0.25, 0.3) is 0 Å². The lowest BCUT2D eigenvalue weighted by Gasteiger charge is -2.32. The number of rotatable bonds is 4. The molecule has 1 unspecified atom stereocenters. The highest BCUT2D eigenvalue weighted by atomic mass is 16.6. The highest BCUT2D eigenvalue weighted by Crippen LogP contribution is 2.35. The standard InChI is InChI=1S/C20H27N3O5/c1-26-13-18(24)22-9-3-4-15(12-22)16-5-2-6-17(21-16)23-14-20(28-19(23)25)7-10-27-11-8-20/h2,5-6,15H,3-4,7-14H2,1H3. The predicted octanol–water partition coefficient (Wildman–Crippen LogP) is 1.94. The average molecular weight is 389 g/mol. The van der Waals surface area contributed by atoms with Crippen LogP contribution in [0.1, 0.15) is 37.3 Å². The van der Waals surface area contributed by atoms with Crippen LogP contribution in [0.4, 0.5) is 10.6 Å². The van der Waals surface area contributed by atoms with E-state index in [4.69, 9.17) is 19.2 Å². The summed E-state index contributed by atoms with van der Waals surface area (Å²) in [5.74, 6) is 0.782. The van der Waals surface area contributed by atoms with Crippen LogP contribution in [0.15, 0.2) is 18.2 Å². The van der Waals surface area contributed by atoms with Gasteiger partial charge in [-0.1, -0.05) is 6.07 Å². The number of hydrogen-bond donors (Lipinski definition) is 0. The average Bonchev–Trinajstić information content (AvgIpc) is 3.04. The molecule has 152 valence electrons. The monoisotopic (exact) mass is 389 g/mol. The number of piperidine rings is 1. The quantitative estimate of drug-likeness (QED) is 0.783. The van der Waals surface area contributed by atoms with Gasteiger partial charge in [0.1, 0.15) is 18.0 Å². The van der Waals surface area contributed by atoms with E-state index >= 15 is 0 Å². The molecular formula is C20H27N3O5. The van der Waals surface area contributed by atoms with Crippen molar-refractivity contribution in [3.8, 4) is 0 Å². The van der Waals surface area contributed by atoms with Gasteiger partial charge >= 0.3 is 6.09 Å². The molecule has 1 spiro atoms. The summed E-state index contributed by atoms with van der Waals surface area (Å²) >= 11 is 0. The normalized spacial score (nSPS) is 24.5. The molecule has 4 rings (SSSR count). The van der Waals surface area contributed by atoms with Gasteiger partial charge in [0, 0.05) is 44.7 Å². The molecule has 8 heteroatoms. The Kier molecular flexibility index (Phi) is 5.50. The molecule has 3 fully saturated rings. The van der Waals surface area contributed by atoms with Gasteiger partial charge in [-0.3, -0.25) is 9.69 Å². The fourth-order valence-electron chi connectivity index (χ4n) is 4.28. The maximum absolute atomic E-state index is 12.5.